The van der Waals surface area contributed by atoms with E-state index in [0.717, 1.165) is 5.56 Å². The molecule has 3 N–H and O–H groups in total. The van der Waals surface area contributed by atoms with Crippen LogP contribution in [-0.4, -0.2) is 27.5 Å². The number of aliphatic hydroxyl groups excluding tert-OH is 1. The van der Waals surface area contributed by atoms with E-state index in [9.17, 15) is 9.90 Å². The van der Waals surface area contributed by atoms with Crippen LogP contribution in [0.2, 0.25) is 0 Å². The Bertz CT molecular complexity index is 580. The van der Waals surface area contributed by atoms with E-state index in [4.69, 9.17) is 0 Å². The van der Waals surface area contributed by atoms with Gasteiger partial charge < -0.3 is 15.7 Å². The van der Waals surface area contributed by atoms with Gasteiger partial charge in [0, 0.05) is 12.2 Å². The molecule has 0 bridgehead atoms. The fraction of sp³-hybridized carbons (Fsp3) is 0.333. The van der Waals surface area contributed by atoms with E-state index in [1.165, 1.54) is 0 Å². The Kier molecular flexibility index (Phi) is 4.94. The van der Waals surface area contributed by atoms with Gasteiger partial charge in [0.05, 0.1) is 24.5 Å². The van der Waals surface area contributed by atoms with Crippen molar-refractivity contribution >= 4 is 11.7 Å². The molecule has 0 saturated heterocycles. The van der Waals surface area contributed by atoms with Crippen LogP contribution >= 0.6 is 0 Å². The van der Waals surface area contributed by atoms with Gasteiger partial charge in [0.25, 0.3) is 0 Å². The number of amides is 2. The number of aromatic nitrogens is 2. The van der Waals surface area contributed by atoms with E-state index in [1.54, 1.807) is 17.1 Å². The quantitative estimate of drug-likeness (QED) is 0.790. The summed E-state index contributed by atoms with van der Waals surface area (Å²) < 4.78 is 1.76. The van der Waals surface area contributed by atoms with Crippen LogP contribution in [0.5, 0.6) is 0 Å². The van der Waals surface area contributed by atoms with Gasteiger partial charge in [0.2, 0.25) is 0 Å². The van der Waals surface area contributed by atoms with Gasteiger partial charge in [-0.05, 0) is 19.4 Å². The molecule has 1 heterocycles. The molecule has 0 aliphatic heterocycles. The Morgan fingerprint density at radius 1 is 1.33 bits per heavy atom. The zero-order chi connectivity index (χ0) is 15.2. The monoisotopic (exact) mass is 288 g/mol. The summed E-state index contributed by atoms with van der Waals surface area (Å²) in [7, 11) is 0. The first-order valence-corrected chi connectivity index (χ1v) is 6.87. The minimum Gasteiger partial charge on any atom is -0.394 e. The number of carbonyl (C=O) groups excluding carboxylic acids is 1. The van der Waals surface area contributed by atoms with Crippen LogP contribution in [0.15, 0.2) is 42.7 Å². The largest absolute Gasteiger partial charge is 0.394 e. The van der Waals surface area contributed by atoms with Crippen LogP contribution in [0.4, 0.5) is 10.5 Å². The van der Waals surface area contributed by atoms with Gasteiger partial charge in [-0.3, -0.25) is 4.68 Å². The topological polar surface area (TPSA) is 79.2 Å². The fourth-order valence-electron chi connectivity index (χ4n) is 1.93. The fourth-order valence-corrected chi connectivity index (χ4v) is 1.93. The second-order valence-electron chi connectivity index (χ2n) is 5.05. The molecule has 1 unspecified atom stereocenters. The van der Waals surface area contributed by atoms with Crippen molar-refractivity contribution in [3.8, 4) is 0 Å². The minimum atomic E-state index is -0.439. The zero-order valence-corrected chi connectivity index (χ0v) is 12.2. The number of nitrogens with one attached hydrogen (secondary N) is 2. The molecular weight excluding hydrogens is 268 g/mol. The van der Waals surface area contributed by atoms with Crippen molar-refractivity contribution < 1.29 is 9.90 Å². The third kappa shape index (κ3) is 4.06. The van der Waals surface area contributed by atoms with E-state index in [-0.39, 0.29) is 18.7 Å². The van der Waals surface area contributed by atoms with Crippen LogP contribution in [0, 0.1) is 0 Å². The third-order valence-corrected chi connectivity index (χ3v) is 3.08. The van der Waals surface area contributed by atoms with Gasteiger partial charge in [0.15, 0.2) is 0 Å². The molecule has 0 fully saturated rings. The summed E-state index contributed by atoms with van der Waals surface area (Å²) in [6.45, 7) is 3.85. The smallest absolute Gasteiger partial charge is 0.319 e. The molecule has 0 spiro atoms. The number of carbonyl (C=O) groups is 1. The summed E-state index contributed by atoms with van der Waals surface area (Å²) in [5.41, 5.74) is 1.47. The van der Waals surface area contributed by atoms with Crippen molar-refractivity contribution in [3.63, 3.8) is 0 Å². The number of urea groups is 1. The maximum atomic E-state index is 12.0. The molecule has 1 atom stereocenters. The highest BCUT2D eigenvalue weighted by Gasteiger charge is 2.14. The van der Waals surface area contributed by atoms with E-state index in [1.807, 2.05) is 44.2 Å². The second kappa shape index (κ2) is 6.90. The Balaban J connectivity index is 1.96. The summed E-state index contributed by atoms with van der Waals surface area (Å²) in [5, 5.41) is 19.0. The number of nitrogens with zero attached hydrogens (tertiary/aromatic N) is 2. The van der Waals surface area contributed by atoms with Gasteiger partial charge in [0.1, 0.15) is 0 Å². The Labute approximate surface area is 123 Å². The van der Waals surface area contributed by atoms with Crippen LogP contribution in [-0.2, 0) is 0 Å². The van der Waals surface area contributed by atoms with Crippen molar-refractivity contribution in [2.45, 2.75) is 25.9 Å². The number of benzene rings is 1. The van der Waals surface area contributed by atoms with E-state index >= 15 is 0 Å². The highest BCUT2D eigenvalue weighted by atomic mass is 16.3. The standard InChI is InChI=1S/C15H20N4O2/c1-11(2)19-9-13(8-16-19)17-15(21)18-14(10-20)12-6-4-3-5-7-12/h3-9,11,14,20H,10H2,1-2H3,(H2,17,18,21). The highest BCUT2D eigenvalue weighted by molar-refractivity contribution is 5.89. The van der Waals surface area contributed by atoms with Gasteiger partial charge in [-0.25, -0.2) is 4.79 Å². The number of hydrogen-bond donors (Lipinski definition) is 3. The average Bonchev–Trinajstić information content (AvgIpc) is 2.94. The number of hydrogen-bond acceptors (Lipinski definition) is 3. The number of anilines is 1. The molecule has 0 aliphatic carbocycles. The molecule has 112 valence electrons. The predicted molar refractivity (Wildman–Crippen MR) is 81.0 cm³/mol. The molecule has 0 saturated carbocycles. The first-order chi connectivity index (χ1) is 10.1. The maximum Gasteiger partial charge on any atom is 0.319 e. The Hall–Kier alpha value is -2.34. The van der Waals surface area contributed by atoms with Gasteiger partial charge in [-0.1, -0.05) is 30.3 Å². The lowest BCUT2D eigenvalue weighted by Gasteiger charge is -2.16. The summed E-state index contributed by atoms with van der Waals surface area (Å²) in [4.78, 5) is 12.0. The summed E-state index contributed by atoms with van der Waals surface area (Å²) in [6, 6.07) is 8.76. The molecule has 0 aliphatic rings. The zero-order valence-electron chi connectivity index (χ0n) is 12.2. The van der Waals surface area contributed by atoms with Crippen molar-refractivity contribution in [2.24, 2.45) is 0 Å². The van der Waals surface area contributed by atoms with Crippen LogP contribution in [0.1, 0.15) is 31.5 Å². The summed E-state index contributed by atoms with van der Waals surface area (Å²) in [6.07, 6.45) is 3.36. The van der Waals surface area contributed by atoms with E-state index < -0.39 is 6.04 Å². The SMILES string of the molecule is CC(C)n1cc(NC(=O)NC(CO)c2ccccc2)cn1. The molecule has 1 aromatic carbocycles. The molecule has 1 aromatic heterocycles. The molecule has 21 heavy (non-hydrogen) atoms. The first kappa shape index (κ1) is 15.1. The maximum absolute atomic E-state index is 12.0. The van der Waals surface area contributed by atoms with Crippen LogP contribution in [0.3, 0.4) is 0 Å². The van der Waals surface area contributed by atoms with Crippen molar-refractivity contribution in [1.29, 1.82) is 0 Å². The molecule has 6 nitrogen and oxygen atoms in total. The number of aliphatic hydroxyl groups is 1. The summed E-state index contributed by atoms with van der Waals surface area (Å²) in [5.74, 6) is 0. The predicted octanol–water partition coefficient (Wildman–Crippen LogP) is 2.32. The molecule has 2 amide bonds. The summed E-state index contributed by atoms with van der Waals surface area (Å²) >= 11 is 0. The average molecular weight is 288 g/mol. The Morgan fingerprint density at radius 3 is 2.62 bits per heavy atom. The number of rotatable bonds is 5. The lowest BCUT2D eigenvalue weighted by atomic mass is 10.1. The third-order valence-electron chi connectivity index (χ3n) is 3.08. The Morgan fingerprint density at radius 2 is 2.05 bits per heavy atom. The van der Waals surface area contributed by atoms with Gasteiger partial charge in [-0.15, -0.1) is 0 Å². The van der Waals surface area contributed by atoms with E-state index in [0.29, 0.717) is 5.69 Å². The molecule has 0 radical (unpaired) electrons. The lowest BCUT2D eigenvalue weighted by molar-refractivity contribution is 0.225. The molecule has 6 heteroatoms. The molecule has 2 aromatic rings. The lowest BCUT2D eigenvalue weighted by Crippen LogP contribution is -2.34. The molecule has 2 rings (SSSR count). The van der Waals surface area contributed by atoms with Crippen molar-refractivity contribution in [2.75, 3.05) is 11.9 Å². The minimum absolute atomic E-state index is 0.164. The van der Waals surface area contributed by atoms with Gasteiger partial charge >= 0.3 is 6.03 Å². The van der Waals surface area contributed by atoms with Crippen LogP contribution in [0.25, 0.3) is 0 Å². The van der Waals surface area contributed by atoms with Crippen molar-refractivity contribution in [1.82, 2.24) is 15.1 Å². The van der Waals surface area contributed by atoms with Gasteiger partial charge in [-0.2, -0.15) is 5.10 Å². The first-order valence-electron chi connectivity index (χ1n) is 6.87. The second-order valence-corrected chi connectivity index (χ2v) is 5.05. The van der Waals surface area contributed by atoms with Crippen molar-refractivity contribution in [3.05, 3.63) is 48.3 Å². The van der Waals surface area contributed by atoms with Crippen LogP contribution < -0.4 is 10.6 Å². The highest BCUT2D eigenvalue weighted by Crippen LogP contribution is 2.13. The van der Waals surface area contributed by atoms with E-state index in [2.05, 4.69) is 15.7 Å². The molecular formula is C15H20N4O2. The normalized spacial score (nSPS) is 12.2.